The Kier molecular flexibility index (Phi) is 2.59. The molecule has 0 radical (unpaired) electrons. The van der Waals surface area contributed by atoms with Gasteiger partial charge in [-0.15, -0.1) is 11.8 Å². The summed E-state index contributed by atoms with van der Waals surface area (Å²) in [6, 6.07) is 7.91. The average molecular weight is 260 g/mol. The highest BCUT2D eigenvalue weighted by Gasteiger charge is 2.40. The summed E-state index contributed by atoms with van der Waals surface area (Å²) in [7, 11) is 2.26. The standard InChI is InChI=1S/C15H20N2S/c1-16-9-12-4-6-17(14(12)10-16)13-2-3-15-11(8-13)5-7-18-15/h2-3,8,12,14H,4-7,9-10H2,1H3. The van der Waals surface area contributed by atoms with E-state index in [2.05, 4.69) is 35.0 Å². The first-order valence-corrected chi connectivity index (χ1v) is 8.01. The van der Waals surface area contributed by atoms with E-state index in [1.54, 1.807) is 5.56 Å². The number of hydrogen-bond acceptors (Lipinski definition) is 3. The van der Waals surface area contributed by atoms with Crippen molar-refractivity contribution in [3.8, 4) is 0 Å². The monoisotopic (exact) mass is 260 g/mol. The van der Waals surface area contributed by atoms with Crippen LogP contribution in [0.25, 0.3) is 0 Å². The summed E-state index contributed by atoms with van der Waals surface area (Å²) < 4.78 is 0. The van der Waals surface area contributed by atoms with Gasteiger partial charge in [-0.3, -0.25) is 0 Å². The van der Waals surface area contributed by atoms with E-state index in [1.165, 1.54) is 48.8 Å². The van der Waals surface area contributed by atoms with Crippen molar-refractivity contribution >= 4 is 17.4 Å². The van der Waals surface area contributed by atoms with Gasteiger partial charge in [-0.05, 0) is 49.6 Å². The maximum Gasteiger partial charge on any atom is 0.0457 e. The molecule has 18 heavy (non-hydrogen) atoms. The first-order chi connectivity index (χ1) is 8.81. The highest BCUT2D eigenvalue weighted by atomic mass is 32.2. The predicted octanol–water partition coefficient (Wildman–Crippen LogP) is 2.48. The Bertz CT molecular complexity index is 474. The first kappa shape index (κ1) is 11.2. The molecular formula is C15H20N2S. The number of aryl methyl sites for hydroxylation is 1. The molecule has 2 atom stereocenters. The second-order valence-corrected chi connectivity index (χ2v) is 7.06. The Hall–Kier alpha value is -0.670. The van der Waals surface area contributed by atoms with Crippen LogP contribution in [0.4, 0.5) is 5.69 Å². The summed E-state index contributed by atoms with van der Waals surface area (Å²) in [5.74, 6) is 2.17. The average Bonchev–Trinajstić information content (AvgIpc) is 3.01. The Labute approximate surface area is 113 Å². The Morgan fingerprint density at radius 2 is 2.22 bits per heavy atom. The van der Waals surface area contributed by atoms with Gasteiger partial charge in [0.25, 0.3) is 0 Å². The van der Waals surface area contributed by atoms with Crippen molar-refractivity contribution in [2.24, 2.45) is 5.92 Å². The molecule has 2 unspecified atom stereocenters. The normalized spacial score (nSPS) is 30.8. The second-order valence-electron chi connectivity index (χ2n) is 5.92. The molecule has 96 valence electrons. The van der Waals surface area contributed by atoms with Crippen molar-refractivity contribution in [1.29, 1.82) is 0 Å². The van der Waals surface area contributed by atoms with E-state index in [-0.39, 0.29) is 0 Å². The molecule has 1 aromatic rings. The van der Waals surface area contributed by atoms with Crippen molar-refractivity contribution in [2.45, 2.75) is 23.8 Å². The number of thioether (sulfide) groups is 1. The number of likely N-dealkylation sites (tertiary alicyclic amines) is 1. The zero-order valence-electron chi connectivity index (χ0n) is 10.9. The van der Waals surface area contributed by atoms with Crippen molar-refractivity contribution in [3.63, 3.8) is 0 Å². The third-order valence-corrected chi connectivity index (χ3v) is 5.85. The van der Waals surface area contributed by atoms with Crippen LogP contribution in [0.3, 0.4) is 0 Å². The number of rotatable bonds is 1. The van der Waals surface area contributed by atoms with Gasteiger partial charge in [0.1, 0.15) is 0 Å². The van der Waals surface area contributed by atoms with Crippen LogP contribution in [0.5, 0.6) is 0 Å². The van der Waals surface area contributed by atoms with Gasteiger partial charge in [0, 0.05) is 42.0 Å². The quantitative estimate of drug-likeness (QED) is 0.766. The molecule has 0 bridgehead atoms. The molecule has 0 spiro atoms. The molecular weight excluding hydrogens is 240 g/mol. The molecule has 3 heterocycles. The number of fused-ring (bicyclic) bond motifs is 2. The third-order valence-electron chi connectivity index (χ3n) is 4.73. The Morgan fingerprint density at radius 3 is 3.17 bits per heavy atom. The summed E-state index contributed by atoms with van der Waals surface area (Å²) in [5.41, 5.74) is 3.05. The van der Waals surface area contributed by atoms with Crippen molar-refractivity contribution in [2.75, 3.05) is 37.3 Å². The largest absolute Gasteiger partial charge is 0.367 e. The minimum atomic E-state index is 0.766. The van der Waals surface area contributed by atoms with Crippen LogP contribution >= 0.6 is 11.8 Å². The van der Waals surface area contributed by atoms with Gasteiger partial charge in [0.2, 0.25) is 0 Å². The van der Waals surface area contributed by atoms with Crippen LogP contribution in [0.1, 0.15) is 12.0 Å². The number of hydrogen-bond donors (Lipinski definition) is 0. The molecule has 0 aromatic heterocycles. The summed E-state index contributed by atoms with van der Waals surface area (Å²) >= 11 is 2.01. The number of anilines is 1. The molecule has 1 aromatic carbocycles. The van der Waals surface area contributed by atoms with Gasteiger partial charge in [-0.2, -0.15) is 0 Å². The second kappa shape index (κ2) is 4.17. The summed E-state index contributed by atoms with van der Waals surface area (Å²) in [6.45, 7) is 3.80. The van der Waals surface area contributed by atoms with Crippen LogP contribution in [-0.4, -0.2) is 43.4 Å². The summed E-state index contributed by atoms with van der Waals surface area (Å²) in [6.07, 6.45) is 2.64. The van der Waals surface area contributed by atoms with Gasteiger partial charge >= 0.3 is 0 Å². The smallest absolute Gasteiger partial charge is 0.0457 e. The van der Waals surface area contributed by atoms with Crippen LogP contribution in [-0.2, 0) is 6.42 Å². The highest BCUT2D eigenvalue weighted by Crippen LogP contribution is 2.38. The maximum atomic E-state index is 2.66. The molecule has 3 aliphatic heterocycles. The van der Waals surface area contributed by atoms with Gasteiger partial charge < -0.3 is 9.80 Å². The van der Waals surface area contributed by atoms with Gasteiger partial charge in [0.05, 0.1) is 0 Å². The van der Waals surface area contributed by atoms with E-state index in [0.717, 1.165) is 12.0 Å². The van der Waals surface area contributed by atoms with Crippen molar-refractivity contribution in [1.82, 2.24) is 4.90 Å². The van der Waals surface area contributed by atoms with Gasteiger partial charge in [-0.1, -0.05) is 0 Å². The van der Waals surface area contributed by atoms with Gasteiger partial charge in [0.15, 0.2) is 0 Å². The summed E-state index contributed by atoms with van der Waals surface area (Å²) in [4.78, 5) is 6.67. The van der Waals surface area contributed by atoms with Gasteiger partial charge in [-0.25, -0.2) is 0 Å². The lowest BCUT2D eigenvalue weighted by Crippen LogP contribution is -2.34. The molecule has 0 N–H and O–H groups in total. The molecule has 4 rings (SSSR count). The number of likely N-dealkylation sites (N-methyl/N-ethyl adjacent to an activating group) is 1. The fourth-order valence-electron chi connectivity index (χ4n) is 3.84. The fraction of sp³-hybridized carbons (Fsp3) is 0.600. The van der Waals surface area contributed by atoms with Crippen LogP contribution < -0.4 is 4.90 Å². The molecule has 3 aliphatic rings. The minimum Gasteiger partial charge on any atom is -0.367 e. The topological polar surface area (TPSA) is 6.48 Å². The molecule has 0 aliphatic carbocycles. The fourth-order valence-corrected chi connectivity index (χ4v) is 4.90. The van der Waals surface area contributed by atoms with E-state index in [4.69, 9.17) is 0 Å². The Morgan fingerprint density at radius 1 is 1.28 bits per heavy atom. The predicted molar refractivity (Wildman–Crippen MR) is 77.6 cm³/mol. The maximum absolute atomic E-state index is 2.66. The van der Waals surface area contributed by atoms with E-state index in [9.17, 15) is 0 Å². The SMILES string of the molecule is CN1CC2CCN(c3ccc4c(c3)CCS4)C2C1. The van der Waals surface area contributed by atoms with E-state index in [0.29, 0.717) is 0 Å². The number of benzene rings is 1. The zero-order valence-corrected chi connectivity index (χ0v) is 11.7. The molecule has 2 fully saturated rings. The molecule has 2 saturated heterocycles. The van der Waals surface area contributed by atoms with Crippen molar-refractivity contribution in [3.05, 3.63) is 23.8 Å². The van der Waals surface area contributed by atoms with E-state index >= 15 is 0 Å². The third kappa shape index (κ3) is 1.68. The van der Waals surface area contributed by atoms with Crippen LogP contribution in [0, 0.1) is 5.92 Å². The highest BCUT2D eigenvalue weighted by molar-refractivity contribution is 7.99. The lowest BCUT2D eigenvalue weighted by Gasteiger charge is -2.27. The summed E-state index contributed by atoms with van der Waals surface area (Å²) in [5, 5.41) is 0. The molecule has 0 saturated carbocycles. The number of nitrogens with zero attached hydrogens (tertiary/aromatic N) is 2. The van der Waals surface area contributed by atoms with Crippen molar-refractivity contribution < 1.29 is 0 Å². The van der Waals surface area contributed by atoms with E-state index in [1.807, 2.05) is 11.8 Å². The first-order valence-electron chi connectivity index (χ1n) is 7.02. The Balaban J connectivity index is 1.63. The lowest BCUT2D eigenvalue weighted by molar-refractivity contribution is 0.386. The van der Waals surface area contributed by atoms with Crippen LogP contribution in [0.15, 0.2) is 23.1 Å². The molecule has 3 heteroatoms. The van der Waals surface area contributed by atoms with E-state index < -0.39 is 0 Å². The van der Waals surface area contributed by atoms with Crippen LogP contribution in [0.2, 0.25) is 0 Å². The molecule has 0 amide bonds. The minimum absolute atomic E-state index is 0.766. The zero-order chi connectivity index (χ0) is 12.1. The lowest BCUT2D eigenvalue weighted by atomic mass is 10.0. The molecule has 2 nitrogen and oxygen atoms in total.